The Morgan fingerprint density at radius 1 is 1.46 bits per heavy atom. The molecule has 1 heterocycles. The van der Waals surface area contributed by atoms with Crippen molar-refractivity contribution in [3.8, 4) is 0 Å². The minimum absolute atomic E-state index is 0.157. The zero-order valence-corrected chi connectivity index (χ0v) is 9.52. The van der Waals surface area contributed by atoms with Gasteiger partial charge in [-0.1, -0.05) is 20.8 Å². The molecule has 2 atom stereocenters. The van der Waals surface area contributed by atoms with Gasteiger partial charge in [0.15, 0.2) is 5.78 Å². The Bertz CT molecular complexity index is 155. The second kappa shape index (κ2) is 5.38. The third-order valence-corrected chi connectivity index (χ3v) is 2.55. The SMILES string of the molecule is CC.CC(=O)[C@@]1(C)CCC(C)CO1. The van der Waals surface area contributed by atoms with Gasteiger partial charge in [-0.05, 0) is 32.6 Å². The summed E-state index contributed by atoms with van der Waals surface area (Å²) in [6, 6.07) is 0. The topological polar surface area (TPSA) is 26.3 Å². The number of hydrogen-bond donors (Lipinski definition) is 0. The second-order valence-corrected chi connectivity index (χ2v) is 3.74. The first-order valence-corrected chi connectivity index (χ1v) is 5.19. The summed E-state index contributed by atoms with van der Waals surface area (Å²) in [5.41, 5.74) is -0.480. The molecule has 0 N–H and O–H groups in total. The minimum Gasteiger partial charge on any atom is -0.367 e. The highest BCUT2D eigenvalue weighted by molar-refractivity contribution is 5.84. The first-order valence-electron chi connectivity index (χ1n) is 5.19. The van der Waals surface area contributed by atoms with Crippen molar-refractivity contribution in [1.29, 1.82) is 0 Å². The molecule has 1 unspecified atom stereocenters. The maximum Gasteiger partial charge on any atom is 0.161 e. The molecular formula is C11H22O2. The second-order valence-electron chi connectivity index (χ2n) is 3.74. The van der Waals surface area contributed by atoms with Crippen molar-refractivity contribution in [2.24, 2.45) is 5.92 Å². The van der Waals surface area contributed by atoms with Crippen LogP contribution < -0.4 is 0 Å². The summed E-state index contributed by atoms with van der Waals surface area (Å²) >= 11 is 0. The lowest BCUT2D eigenvalue weighted by Crippen LogP contribution is -2.41. The lowest BCUT2D eigenvalue weighted by Gasteiger charge is -2.34. The highest BCUT2D eigenvalue weighted by Gasteiger charge is 2.34. The number of carbonyl (C=O) groups excluding carboxylic acids is 1. The zero-order valence-electron chi connectivity index (χ0n) is 9.52. The first-order chi connectivity index (χ1) is 6.04. The van der Waals surface area contributed by atoms with Crippen LogP contribution >= 0.6 is 0 Å². The number of hydrogen-bond acceptors (Lipinski definition) is 2. The molecule has 0 aliphatic carbocycles. The predicted molar refractivity (Wildman–Crippen MR) is 54.8 cm³/mol. The third kappa shape index (κ3) is 3.47. The highest BCUT2D eigenvalue weighted by Crippen LogP contribution is 2.27. The van der Waals surface area contributed by atoms with Gasteiger partial charge in [-0.2, -0.15) is 0 Å². The standard InChI is InChI=1S/C9H16O2.C2H6/c1-7-4-5-9(3,8(2)10)11-6-7;1-2/h7H,4-6H2,1-3H3;1-2H3/t7?,9-;/m1./s1. The van der Waals surface area contributed by atoms with Gasteiger partial charge in [-0.3, -0.25) is 4.79 Å². The average Bonchev–Trinajstić information content (AvgIpc) is 2.14. The Balaban J connectivity index is 0.000000671. The van der Waals surface area contributed by atoms with Gasteiger partial charge in [0.25, 0.3) is 0 Å². The lowest BCUT2D eigenvalue weighted by atomic mass is 9.88. The summed E-state index contributed by atoms with van der Waals surface area (Å²) in [5, 5.41) is 0. The minimum atomic E-state index is -0.480. The molecule has 1 aliphatic heterocycles. The van der Waals surface area contributed by atoms with Crippen LogP contribution in [0.1, 0.15) is 47.5 Å². The fraction of sp³-hybridized carbons (Fsp3) is 0.909. The van der Waals surface area contributed by atoms with Crippen molar-refractivity contribution >= 4 is 5.78 Å². The van der Waals surface area contributed by atoms with E-state index in [-0.39, 0.29) is 5.78 Å². The molecular weight excluding hydrogens is 164 g/mol. The lowest BCUT2D eigenvalue weighted by molar-refractivity contribution is -0.149. The molecule has 0 aromatic heterocycles. The van der Waals surface area contributed by atoms with Crippen molar-refractivity contribution in [3.63, 3.8) is 0 Å². The fourth-order valence-corrected chi connectivity index (χ4v) is 1.28. The molecule has 0 amide bonds. The summed E-state index contributed by atoms with van der Waals surface area (Å²) < 4.78 is 5.49. The summed E-state index contributed by atoms with van der Waals surface area (Å²) in [6.07, 6.45) is 1.99. The van der Waals surface area contributed by atoms with E-state index in [1.54, 1.807) is 6.92 Å². The molecule has 1 saturated heterocycles. The monoisotopic (exact) mass is 186 g/mol. The van der Waals surface area contributed by atoms with Gasteiger partial charge in [0.1, 0.15) is 5.60 Å². The van der Waals surface area contributed by atoms with Gasteiger partial charge in [0.05, 0.1) is 6.61 Å². The van der Waals surface area contributed by atoms with Crippen molar-refractivity contribution < 1.29 is 9.53 Å². The van der Waals surface area contributed by atoms with Gasteiger partial charge in [0.2, 0.25) is 0 Å². The van der Waals surface area contributed by atoms with E-state index in [4.69, 9.17) is 4.74 Å². The Morgan fingerprint density at radius 3 is 2.31 bits per heavy atom. The first kappa shape index (κ1) is 12.6. The van der Waals surface area contributed by atoms with Gasteiger partial charge in [-0.25, -0.2) is 0 Å². The normalized spacial score (nSPS) is 33.2. The largest absolute Gasteiger partial charge is 0.367 e. The fourth-order valence-electron chi connectivity index (χ4n) is 1.28. The molecule has 0 radical (unpaired) electrons. The van der Waals surface area contributed by atoms with Gasteiger partial charge in [-0.15, -0.1) is 0 Å². The van der Waals surface area contributed by atoms with Gasteiger partial charge >= 0.3 is 0 Å². The molecule has 1 aliphatic rings. The number of rotatable bonds is 1. The van der Waals surface area contributed by atoms with Crippen LogP contribution in [0.3, 0.4) is 0 Å². The quantitative estimate of drug-likeness (QED) is 0.629. The predicted octanol–water partition coefficient (Wildman–Crippen LogP) is 2.81. The molecule has 78 valence electrons. The van der Waals surface area contributed by atoms with Crippen molar-refractivity contribution in [2.45, 2.75) is 53.1 Å². The van der Waals surface area contributed by atoms with Crippen molar-refractivity contribution in [3.05, 3.63) is 0 Å². The van der Waals surface area contributed by atoms with Crippen LogP contribution in [-0.2, 0) is 9.53 Å². The number of carbonyl (C=O) groups is 1. The van der Waals surface area contributed by atoms with Gasteiger partial charge < -0.3 is 4.74 Å². The van der Waals surface area contributed by atoms with Crippen LogP contribution in [0, 0.1) is 5.92 Å². The molecule has 0 spiro atoms. The molecule has 0 aromatic carbocycles. The number of ether oxygens (including phenoxy) is 1. The number of Topliss-reactive ketones (excluding diaryl/α,β-unsaturated/α-hetero) is 1. The van der Waals surface area contributed by atoms with E-state index >= 15 is 0 Å². The Kier molecular flexibility index (Phi) is 5.23. The van der Waals surface area contributed by atoms with Crippen LogP contribution in [-0.4, -0.2) is 18.0 Å². The van der Waals surface area contributed by atoms with E-state index in [0.717, 1.165) is 19.4 Å². The molecule has 0 saturated carbocycles. The van der Waals surface area contributed by atoms with E-state index < -0.39 is 5.60 Å². The summed E-state index contributed by atoms with van der Waals surface area (Å²) in [4.78, 5) is 11.1. The van der Waals surface area contributed by atoms with Crippen LogP contribution in [0.5, 0.6) is 0 Å². The van der Waals surface area contributed by atoms with E-state index in [9.17, 15) is 4.79 Å². The van der Waals surface area contributed by atoms with E-state index in [0.29, 0.717) is 5.92 Å². The Hall–Kier alpha value is -0.370. The van der Waals surface area contributed by atoms with Gasteiger partial charge in [0, 0.05) is 0 Å². The van der Waals surface area contributed by atoms with Crippen molar-refractivity contribution in [1.82, 2.24) is 0 Å². The maximum absolute atomic E-state index is 11.1. The summed E-state index contributed by atoms with van der Waals surface area (Å²) in [5.74, 6) is 0.770. The van der Waals surface area contributed by atoms with E-state index in [1.165, 1.54) is 0 Å². The zero-order chi connectivity index (χ0) is 10.5. The summed E-state index contributed by atoms with van der Waals surface area (Å²) in [7, 11) is 0. The number of ketones is 1. The highest BCUT2D eigenvalue weighted by atomic mass is 16.5. The van der Waals surface area contributed by atoms with E-state index in [1.807, 2.05) is 20.8 Å². The molecule has 0 bridgehead atoms. The molecule has 13 heavy (non-hydrogen) atoms. The Labute approximate surface area is 81.7 Å². The van der Waals surface area contributed by atoms with Crippen LogP contribution in [0.4, 0.5) is 0 Å². The van der Waals surface area contributed by atoms with Crippen molar-refractivity contribution in [2.75, 3.05) is 6.61 Å². The van der Waals surface area contributed by atoms with Crippen LogP contribution in [0.25, 0.3) is 0 Å². The maximum atomic E-state index is 11.1. The molecule has 2 nitrogen and oxygen atoms in total. The average molecular weight is 186 g/mol. The Morgan fingerprint density at radius 2 is 2.00 bits per heavy atom. The molecule has 1 rings (SSSR count). The van der Waals surface area contributed by atoms with Crippen LogP contribution in [0.2, 0.25) is 0 Å². The molecule has 2 heteroatoms. The van der Waals surface area contributed by atoms with E-state index in [2.05, 4.69) is 6.92 Å². The third-order valence-electron chi connectivity index (χ3n) is 2.55. The smallest absolute Gasteiger partial charge is 0.161 e. The molecule has 1 fully saturated rings. The summed E-state index contributed by atoms with van der Waals surface area (Å²) in [6.45, 7) is 10.4. The molecule has 0 aromatic rings. The van der Waals surface area contributed by atoms with Crippen LogP contribution in [0.15, 0.2) is 0 Å².